The maximum atomic E-state index is 12.7. The van der Waals surface area contributed by atoms with E-state index in [0.717, 1.165) is 116 Å². The molecule has 0 rings (SSSR count). The molecule has 3 unspecified atom stereocenters. The van der Waals surface area contributed by atoms with Gasteiger partial charge in [-0.15, -0.1) is 0 Å². The number of phosphoric ester groups is 1. The molecule has 62 heavy (non-hydrogen) atoms. The van der Waals surface area contributed by atoms with Gasteiger partial charge in [0.1, 0.15) is 12.2 Å². The fraction of sp³-hybridized carbons (Fsp3) is 0.673. The van der Waals surface area contributed by atoms with Gasteiger partial charge in [0.15, 0.2) is 0 Å². The Morgan fingerprint density at radius 2 is 0.871 bits per heavy atom. The second kappa shape index (κ2) is 47.8. The fourth-order valence-electron chi connectivity index (χ4n) is 6.16. The van der Waals surface area contributed by atoms with E-state index in [1.54, 1.807) is 0 Å². The minimum atomic E-state index is -4.54. The number of carbonyl (C=O) groups is 1. The average molecular weight is 889 g/mol. The number of allylic oxidation sites excluding steroid dienone is 16. The van der Waals surface area contributed by atoms with Gasteiger partial charge in [-0.3, -0.25) is 13.8 Å². The molecule has 9 nitrogen and oxygen atoms in total. The van der Waals surface area contributed by atoms with Crippen molar-refractivity contribution in [1.82, 2.24) is 0 Å². The molecule has 0 aliphatic heterocycles. The van der Waals surface area contributed by atoms with Crippen LogP contribution in [0.3, 0.4) is 0 Å². The highest BCUT2D eigenvalue weighted by atomic mass is 31.2. The van der Waals surface area contributed by atoms with Crippen LogP contribution < -0.4 is 0 Å². The molecule has 0 saturated carbocycles. The molecule has 3 atom stereocenters. The van der Waals surface area contributed by atoms with Gasteiger partial charge in [0.25, 0.3) is 0 Å². The molecule has 0 fully saturated rings. The summed E-state index contributed by atoms with van der Waals surface area (Å²) in [4.78, 5) is 22.7. The van der Waals surface area contributed by atoms with Gasteiger partial charge in [0.2, 0.25) is 0 Å². The largest absolute Gasteiger partial charge is 0.472 e. The zero-order valence-electron chi connectivity index (χ0n) is 39.1. The Balaban J connectivity index is 4.16. The first kappa shape index (κ1) is 59.4. The van der Waals surface area contributed by atoms with Crippen LogP contribution in [0.15, 0.2) is 97.2 Å². The molecule has 0 bridgehead atoms. The minimum absolute atomic E-state index is 0.0329. The maximum absolute atomic E-state index is 12.7. The summed E-state index contributed by atoms with van der Waals surface area (Å²) in [6, 6.07) is 0. The SMILES string of the molecule is CC/C=C\C/C=C\C/C=C\C/C=C\CCCCCCCCCCCOCC(COP(=O)(O)OCC(O)CO)OC(=O)CCCCCCCC/C=C\C/C=C\C/C=C\C/C=C\CC. The first-order valence-electron chi connectivity index (χ1n) is 24.2. The number of hydrogen-bond acceptors (Lipinski definition) is 8. The van der Waals surface area contributed by atoms with E-state index in [1.165, 1.54) is 38.5 Å². The third kappa shape index (κ3) is 46.9. The number of aliphatic hydroxyl groups excluding tert-OH is 2. The predicted molar refractivity (Wildman–Crippen MR) is 260 cm³/mol. The molecule has 356 valence electrons. The molecule has 0 spiro atoms. The lowest BCUT2D eigenvalue weighted by molar-refractivity contribution is -0.154. The number of unbranched alkanes of at least 4 members (excludes halogenated alkanes) is 15. The molecule has 0 aromatic heterocycles. The van der Waals surface area contributed by atoms with Gasteiger partial charge in [-0.1, -0.05) is 182 Å². The topological polar surface area (TPSA) is 132 Å². The Labute approximate surface area is 378 Å². The van der Waals surface area contributed by atoms with Crippen molar-refractivity contribution in [3.8, 4) is 0 Å². The van der Waals surface area contributed by atoms with Crippen molar-refractivity contribution >= 4 is 13.8 Å². The molecule has 0 heterocycles. The maximum Gasteiger partial charge on any atom is 0.472 e. The molecule has 10 heteroatoms. The Morgan fingerprint density at radius 3 is 1.31 bits per heavy atom. The Morgan fingerprint density at radius 1 is 0.500 bits per heavy atom. The zero-order valence-corrected chi connectivity index (χ0v) is 39.9. The Hall–Kier alpha value is -2.62. The third-order valence-electron chi connectivity index (χ3n) is 9.77. The van der Waals surface area contributed by atoms with E-state index < -0.39 is 45.8 Å². The van der Waals surface area contributed by atoms with Gasteiger partial charge in [-0.25, -0.2) is 4.57 Å². The quantitative estimate of drug-likeness (QED) is 0.0237. The lowest BCUT2D eigenvalue weighted by atomic mass is 10.1. The molecule has 0 aromatic rings. The van der Waals surface area contributed by atoms with E-state index in [4.69, 9.17) is 23.6 Å². The highest BCUT2D eigenvalue weighted by Gasteiger charge is 2.26. The molecule has 3 N–H and O–H groups in total. The van der Waals surface area contributed by atoms with Crippen molar-refractivity contribution in [3.05, 3.63) is 97.2 Å². The third-order valence-corrected chi connectivity index (χ3v) is 10.7. The summed E-state index contributed by atoms with van der Waals surface area (Å²) in [6.45, 7) is 3.25. The van der Waals surface area contributed by atoms with Crippen molar-refractivity contribution in [2.24, 2.45) is 0 Å². The van der Waals surface area contributed by atoms with Gasteiger partial charge >= 0.3 is 13.8 Å². The van der Waals surface area contributed by atoms with Gasteiger partial charge in [0, 0.05) is 13.0 Å². The van der Waals surface area contributed by atoms with Crippen LogP contribution in [-0.4, -0.2) is 66.3 Å². The lowest BCUT2D eigenvalue weighted by Crippen LogP contribution is -2.29. The summed E-state index contributed by atoms with van der Waals surface area (Å²) in [7, 11) is -4.54. The molecule has 0 saturated heterocycles. The smallest absolute Gasteiger partial charge is 0.457 e. The molecular weight excluding hydrogens is 800 g/mol. The van der Waals surface area contributed by atoms with Gasteiger partial charge in [0.05, 0.1) is 26.4 Å². The van der Waals surface area contributed by atoms with Crippen molar-refractivity contribution < 1.29 is 43.0 Å². The molecule has 0 radical (unpaired) electrons. The van der Waals surface area contributed by atoms with Crippen LogP contribution in [0.5, 0.6) is 0 Å². The average Bonchev–Trinajstić information content (AvgIpc) is 3.26. The van der Waals surface area contributed by atoms with Crippen LogP contribution in [0, 0.1) is 0 Å². The van der Waals surface area contributed by atoms with Gasteiger partial charge < -0.3 is 24.6 Å². The first-order valence-corrected chi connectivity index (χ1v) is 25.7. The molecule has 0 aromatic carbocycles. The number of carbonyl (C=O) groups excluding carboxylic acids is 1. The van der Waals surface area contributed by atoms with E-state index in [-0.39, 0.29) is 13.0 Å². The zero-order chi connectivity index (χ0) is 45.3. The normalized spacial score (nSPS) is 14.7. The van der Waals surface area contributed by atoms with E-state index in [2.05, 4.69) is 111 Å². The van der Waals surface area contributed by atoms with Crippen molar-refractivity contribution in [2.45, 2.75) is 193 Å². The van der Waals surface area contributed by atoms with Crippen molar-refractivity contribution in [1.29, 1.82) is 0 Å². The highest BCUT2D eigenvalue weighted by Crippen LogP contribution is 2.43. The standard InChI is InChI=1S/C52H89O9P/c1-3-5-7-9-11-13-15-17-19-21-23-24-25-27-29-31-33-35-37-39-41-43-45-58-48-51(49-60-62(56,57)59-47-50(54)46-53)61-52(55)44-42-40-38-36-34-32-30-28-26-22-20-18-16-14-12-10-8-6-4-2/h5-8,11-14,17-20,23-24,26,28,50-51,53-54H,3-4,9-10,15-16,21-22,25,27,29-49H2,1-2H3,(H,56,57)/b7-5-,8-6-,13-11-,14-12-,19-17-,20-18-,24-23-,28-26-. The molecule has 0 aliphatic rings. The van der Waals surface area contributed by atoms with Crippen molar-refractivity contribution in [3.63, 3.8) is 0 Å². The van der Waals surface area contributed by atoms with Crippen LogP contribution in [0.25, 0.3) is 0 Å². The summed E-state index contributed by atoms with van der Waals surface area (Å²) in [5, 5.41) is 18.4. The Bertz CT molecular complexity index is 1280. The summed E-state index contributed by atoms with van der Waals surface area (Å²) < 4.78 is 33.5. The lowest BCUT2D eigenvalue weighted by Gasteiger charge is -2.20. The number of rotatable bonds is 45. The van der Waals surface area contributed by atoms with Gasteiger partial charge in [-0.2, -0.15) is 0 Å². The van der Waals surface area contributed by atoms with Crippen LogP contribution in [0.4, 0.5) is 0 Å². The number of phosphoric acid groups is 1. The summed E-state index contributed by atoms with van der Waals surface area (Å²) in [5.74, 6) is -0.402. The van der Waals surface area contributed by atoms with Gasteiger partial charge in [-0.05, 0) is 89.9 Å². The summed E-state index contributed by atoms with van der Waals surface area (Å²) >= 11 is 0. The van der Waals surface area contributed by atoms with E-state index in [9.17, 15) is 19.4 Å². The van der Waals surface area contributed by atoms with Crippen LogP contribution in [0.2, 0.25) is 0 Å². The summed E-state index contributed by atoms with van der Waals surface area (Å²) in [6.07, 6.45) is 60.8. The molecular formula is C52H89O9P. The molecule has 0 amide bonds. The van der Waals surface area contributed by atoms with Crippen LogP contribution >= 0.6 is 7.82 Å². The number of esters is 1. The van der Waals surface area contributed by atoms with E-state index >= 15 is 0 Å². The second-order valence-corrected chi connectivity index (χ2v) is 17.2. The predicted octanol–water partition coefficient (Wildman–Crippen LogP) is 14.0. The highest BCUT2D eigenvalue weighted by molar-refractivity contribution is 7.47. The monoisotopic (exact) mass is 889 g/mol. The van der Waals surface area contributed by atoms with Crippen LogP contribution in [-0.2, 0) is 27.9 Å². The Kier molecular flexibility index (Phi) is 45.8. The number of ether oxygens (including phenoxy) is 2. The van der Waals surface area contributed by atoms with Crippen molar-refractivity contribution in [2.75, 3.05) is 33.0 Å². The number of hydrogen-bond donors (Lipinski definition) is 3. The first-order chi connectivity index (χ1) is 30.3. The van der Waals surface area contributed by atoms with E-state index in [0.29, 0.717) is 13.0 Å². The minimum Gasteiger partial charge on any atom is -0.457 e. The fourth-order valence-corrected chi connectivity index (χ4v) is 6.95. The summed E-state index contributed by atoms with van der Waals surface area (Å²) in [5.41, 5.74) is 0. The van der Waals surface area contributed by atoms with E-state index in [1.807, 2.05) is 0 Å². The molecule has 0 aliphatic carbocycles. The van der Waals surface area contributed by atoms with Crippen LogP contribution in [0.1, 0.15) is 181 Å². The second-order valence-electron chi connectivity index (χ2n) is 15.7. The number of aliphatic hydroxyl groups is 2.